The number of amides is 2. The van der Waals surface area contributed by atoms with Crippen molar-refractivity contribution in [1.29, 1.82) is 0 Å². The molecule has 114 valence electrons. The van der Waals surface area contributed by atoms with E-state index < -0.39 is 5.91 Å². The highest BCUT2D eigenvalue weighted by Gasteiger charge is 2.41. The zero-order valence-corrected chi connectivity index (χ0v) is 12.7. The molecule has 0 bridgehead atoms. The third-order valence-corrected chi connectivity index (χ3v) is 4.89. The van der Waals surface area contributed by atoms with E-state index in [0.29, 0.717) is 0 Å². The maximum Gasteiger partial charge on any atom is 0.237 e. The highest BCUT2D eigenvalue weighted by molar-refractivity contribution is 5.86. The van der Waals surface area contributed by atoms with Gasteiger partial charge < -0.3 is 16.0 Å². The molecule has 2 atom stereocenters. The first kappa shape index (κ1) is 15.3. The van der Waals surface area contributed by atoms with Crippen molar-refractivity contribution in [2.75, 3.05) is 19.6 Å². The summed E-state index contributed by atoms with van der Waals surface area (Å²) in [6.45, 7) is 6.07. The van der Waals surface area contributed by atoms with E-state index >= 15 is 0 Å². The Morgan fingerprint density at radius 3 is 2.60 bits per heavy atom. The standard InChI is InChI=1S/C15H27N3O2/c1-15(2)7-4-3-5-12(15)14(20)18(10-13(16)19)11-6-8-17-9-11/h11-12,17H,3-10H2,1-2H3,(H2,16,19). The number of nitrogens with one attached hydrogen (secondary N) is 1. The molecule has 2 fully saturated rings. The van der Waals surface area contributed by atoms with Crippen LogP contribution in [-0.2, 0) is 9.59 Å². The summed E-state index contributed by atoms with van der Waals surface area (Å²) in [5.74, 6) is -0.266. The molecule has 0 aromatic heterocycles. The van der Waals surface area contributed by atoms with Crippen molar-refractivity contribution in [1.82, 2.24) is 10.2 Å². The molecule has 0 spiro atoms. The maximum atomic E-state index is 12.9. The number of nitrogens with two attached hydrogens (primary N) is 1. The number of carbonyl (C=O) groups excluding carboxylic acids is 2. The average molecular weight is 281 g/mol. The Labute approximate surface area is 121 Å². The van der Waals surface area contributed by atoms with Gasteiger partial charge in [-0.3, -0.25) is 9.59 Å². The molecular formula is C15H27N3O2. The minimum atomic E-state index is -0.418. The Morgan fingerprint density at radius 2 is 2.05 bits per heavy atom. The van der Waals surface area contributed by atoms with E-state index in [-0.39, 0.29) is 29.8 Å². The summed E-state index contributed by atoms with van der Waals surface area (Å²) in [7, 11) is 0. The van der Waals surface area contributed by atoms with Crippen LogP contribution in [0.4, 0.5) is 0 Å². The van der Waals surface area contributed by atoms with Gasteiger partial charge in [-0.25, -0.2) is 0 Å². The zero-order chi connectivity index (χ0) is 14.8. The van der Waals surface area contributed by atoms with Crippen molar-refractivity contribution in [3.63, 3.8) is 0 Å². The van der Waals surface area contributed by atoms with Gasteiger partial charge in [0.05, 0.1) is 6.54 Å². The number of hydrogen-bond donors (Lipinski definition) is 2. The molecular weight excluding hydrogens is 254 g/mol. The molecule has 2 amide bonds. The normalized spacial score (nSPS) is 29.1. The number of primary amides is 1. The number of rotatable bonds is 4. The molecule has 1 saturated carbocycles. The van der Waals surface area contributed by atoms with Crippen LogP contribution in [0.3, 0.4) is 0 Å². The van der Waals surface area contributed by atoms with Crippen molar-refractivity contribution in [2.45, 2.75) is 52.0 Å². The monoisotopic (exact) mass is 281 g/mol. The summed E-state index contributed by atoms with van der Waals surface area (Å²) in [6.07, 6.45) is 5.22. The van der Waals surface area contributed by atoms with Crippen molar-refractivity contribution in [2.24, 2.45) is 17.1 Å². The first-order valence-corrected chi connectivity index (χ1v) is 7.71. The molecule has 2 rings (SSSR count). The van der Waals surface area contributed by atoms with Gasteiger partial charge in [0.2, 0.25) is 11.8 Å². The van der Waals surface area contributed by atoms with Crippen molar-refractivity contribution in [3.8, 4) is 0 Å². The van der Waals surface area contributed by atoms with Gasteiger partial charge in [-0.1, -0.05) is 26.7 Å². The minimum absolute atomic E-state index is 0.0243. The molecule has 1 aliphatic heterocycles. The second kappa shape index (κ2) is 6.12. The Kier molecular flexibility index (Phi) is 4.68. The van der Waals surface area contributed by atoms with Crippen LogP contribution in [0.5, 0.6) is 0 Å². The van der Waals surface area contributed by atoms with Crippen LogP contribution in [0, 0.1) is 11.3 Å². The van der Waals surface area contributed by atoms with E-state index in [1.807, 2.05) is 0 Å². The van der Waals surface area contributed by atoms with Gasteiger partial charge in [0.1, 0.15) is 0 Å². The molecule has 0 aromatic rings. The van der Waals surface area contributed by atoms with Gasteiger partial charge in [-0.05, 0) is 31.2 Å². The van der Waals surface area contributed by atoms with Crippen LogP contribution in [0.2, 0.25) is 0 Å². The van der Waals surface area contributed by atoms with Gasteiger partial charge in [-0.2, -0.15) is 0 Å². The molecule has 2 unspecified atom stereocenters. The van der Waals surface area contributed by atoms with Crippen LogP contribution in [0.1, 0.15) is 46.0 Å². The fourth-order valence-corrected chi connectivity index (χ4v) is 3.61. The van der Waals surface area contributed by atoms with Crippen molar-refractivity contribution < 1.29 is 9.59 Å². The third-order valence-electron chi connectivity index (χ3n) is 4.89. The van der Waals surface area contributed by atoms with Gasteiger partial charge in [0, 0.05) is 18.5 Å². The smallest absolute Gasteiger partial charge is 0.237 e. The fourth-order valence-electron chi connectivity index (χ4n) is 3.61. The Hall–Kier alpha value is -1.10. The second-order valence-corrected chi connectivity index (χ2v) is 6.87. The molecule has 20 heavy (non-hydrogen) atoms. The lowest BCUT2D eigenvalue weighted by molar-refractivity contribution is -0.145. The lowest BCUT2D eigenvalue weighted by Crippen LogP contribution is -2.51. The predicted molar refractivity (Wildman–Crippen MR) is 77.9 cm³/mol. The van der Waals surface area contributed by atoms with Gasteiger partial charge >= 0.3 is 0 Å². The lowest BCUT2D eigenvalue weighted by atomic mass is 9.68. The molecule has 3 N–H and O–H groups in total. The van der Waals surface area contributed by atoms with Crippen LogP contribution >= 0.6 is 0 Å². The Morgan fingerprint density at radius 1 is 1.30 bits per heavy atom. The molecule has 1 aliphatic carbocycles. The topological polar surface area (TPSA) is 75.4 Å². The fraction of sp³-hybridized carbons (Fsp3) is 0.867. The molecule has 1 saturated heterocycles. The Bertz CT molecular complexity index is 375. The average Bonchev–Trinajstić information content (AvgIpc) is 2.88. The van der Waals surface area contributed by atoms with E-state index in [0.717, 1.165) is 38.8 Å². The van der Waals surface area contributed by atoms with Gasteiger partial charge in [0.25, 0.3) is 0 Å². The zero-order valence-electron chi connectivity index (χ0n) is 12.7. The first-order valence-electron chi connectivity index (χ1n) is 7.71. The maximum absolute atomic E-state index is 12.9. The number of hydrogen-bond acceptors (Lipinski definition) is 3. The second-order valence-electron chi connectivity index (χ2n) is 6.87. The molecule has 2 aliphatic rings. The number of carbonyl (C=O) groups is 2. The van der Waals surface area contributed by atoms with Crippen molar-refractivity contribution in [3.05, 3.63) is 0 Å². The van der Waals surface area contributed by atoms with E-state index in [4.69, 9.17) is 5.73 Å². The van der Waals surface area contributed by atoms with Crippen LogP contribution in [-0.4, -0.2) is 42.4 Å². The Balaban J connectivity index is 2.14. The van der Waals surface area contributed by atoms with Crippen LogP contribution < -0.4 is 11.1 Å². The SMILES string of the molecule is CC1(C)CCCCC1C(=O)N(CC(N)=O)C1CCNC1. The summed E-state index contributed by atoms with van der Waals surface area (Å²) in [5.41, 5.74) is 5.37. The molecule has 0 radical (unpaired) electrons. The van der Waals surface area contributed by atoms with E-state index in [1.54, 1.807) is 4.90 Å². The van der Waals surface area contributed by atoms with E-state index in [1.165, 1.54) is 6.42 Å². The molecule has 5 heteroatoms. The highest BCUT2D eigenvalue weighted by atomic mass is 16.2. The van der Waals surface area contributed by atoms with Gasteiger partial charge in [0.15, 0.2) is 0 Å². The molecule has 0 aromatic carbocycles. The van der Waals surface area contributed by atoms with Crippen LogP contribution in [0.15, 0.2) is 0 Å². The van der Waals surface area contributed by atoms with E-state index in [9.17, 15) is 9.59 Å². The predicted octanol–water partition coefficient (Wildman–Crippen LogP) is 0.879. The minimum Gasteiger partial charge on any atom is -0.368 e. The largest absolute Gasteiger partial charge is 0.368 e. The molecule has 5 nitrogen and oxygen atoms in total. The number of nitrogens with zero attached hydrogens (tertiary/aromatic N) is 1. The molecule has 1 heterocycles. The third kappa shape index (κ3) is 3.32. The summed E-state index contributed by atoms with van der Waals surface area (Å²) < 4.78 is 0. The summed E-state index contributed by atoms with van der Waals surface area (Å²) >= 11 is 0. The summed E-state index contributed by atoms with van der Waals surface area (Å²) in [6, 6.07) is 0.118. The van der Waals surface area contributed by atoms with Gasteiger partial charge in [-0.15, -0.1) is 0 Å². The first-order chi connectivity index (χ1) is 9.42. The lowest BCUT2D eigenvalue weighted by Gasteiger charge is -2.41. The summed E-state index contributed by atoms with van der Waals surface area (Å²) in [5, 5.41) is 3.26. The summed E-state index contributed by atoms with van der Waals surface area (Å²) in [4.78, 5) is 26.0. The van der Waals surface area contributed by atoms with Crippen LogP contribution in [0.25, 0.3) is 0 Å². The quantitative estimate of drug-likeness (QED) is 0.803. The van der Waals surface area contributed by atoms with Crippen molar-refractivity contribution >= 4 is 11.8 Å². The van der Waals surface area contributed by atoms with E-state index in [2.05, 4.69) is 19.2 Å². The highest BCUT2D eigenvalue weighted by Crippen LogP contribution is 2.41.